The SMILES string of the molecule is Cc1cc(Br)ccc1-c1nnc2n1CCNC2C. The molecule has 4 nitrogen and oxygen atoms in total. The lowest BCUT2D eigenvalue weighted by Crippen LogP contribution is -2.32. The molecule has 0 radical (unpaired) electrons. The van der Waals surface area contributed by atoms with Crippen LogP contribution in [0.2, 0.25) is 0 Å². The molecule has 0 aliphatic carbocycles. The molecule has 0 fully saturated rings. The smallest absolute Gasteiger partial charge is 0.164 e. The molecular formula is C13H15BrN4. The van der Waals surface area contributed by atoms with E-state index in [1.54, 1.807) is 0 Å². The van der Waals surface area contributed by atoms with Gasteiger partial charge in [-0.2, -0.15) is 0 Å². The first-order chi connectivity index (χ1) is 8.66. The first kappa shape index (κ1) is 11.9. The molecule has 1 aliphatic rings. The zero-order valence-electron chi connectivity index (χ0n) is 10.4. The van der Waals surface area contributed by atoms with Gasteiger partial charge in [-0.15, -0.1) is 10.2 Å². The predicted molar refractivity (Wildman–Crippen MR) is 74.3 cm³/mol. The van der Waals surface area contributed by atoms with Crippen molar-refractivity contribution in [3.8, 4) is 11.4 Å². The molecule has 3 rings (SSSR count). The van der Waals surface area contributed by atoms with E-state index in [2.05, 4.69) is 68.1 Å². The lowest BCUT2D eigenvalue weighted by atomic mass is 10.1. The Morgan fingerprint density at radius 2 is 2.22 bits per heavy atom. The fourth-order valence-electron chi connectivity index (χ4n) is 2.42. The molecule has 0 saturated heterocycles. The van der Waals surface area contributed by atoms with E-state index in [0.29, 0.717) is 0 Å². The van der Waals surface area contributed by atoms with Crippen molar-refractivity contribution in [2.75, 3.05) is 6.54 Å². The topological polar surface area (TPSA) is 42.7 Å². The summed E-state index contributed by atoms with van der Waals surface area (Å²) < 4.78 is 3.31. The second-order valence-corrected chi connectivity index (χ2v) is 5.58. The van der Waals surface area contributed by atoms with E-state index in [1.165, 1.54) is 5.56 Å². The van der Waals surface area contributed by atoms with E-state index in [1.807, 2.05) is 0 Å². The van der Waals surface area contributed by atoms with Gasteiger partial charge in [-0.1, -0.05) is 15.9 Å². The molecule has 0 spiro atoms. The first-order valence-corrected chi connectivity index (χ1v) is 6.89. The maximum atomic E-state index is 4.37. The van der Waals surface area contributed by atoms with Crippen molar-refractivity contribution in [1.29, 1.82) is 0 Å². The van der Waals surface area contributed by atoms with Gasteiger partial charge < -0.3 is 9.88 Å². The van der Waals surface area contributed by atoms with E-state index in [0.717, 1.165) is 34.8 Å². The van der Waals surface area contributed by atoms with Crippen LogP contribution in [0.1, 0.15) is 24.4 Å². The summed E-state index contributed by atoms with van der Waals surface area (Å²) >= 11 is 3.49. The van der Waals surface area contributed by atoms with Gasteiger partial charge in [-0.3, -0.25) is 0 Å². The van der Waals surface area contributed by atoms with Crippen molar-refractivity contribution >= 4 is 15.9 Å². The Bertz CT molecular complexity index is 591. The Morgan fingerprint density at radius 1 is 1.39 bits per heavy atom. The van der Waals surface area contributed by atoms with Gasteiger partial charge in [0, 0.05) is 23.1 Å². The Balaban J connectivity index is 2.12. The maximum Gasteiger partial charge on any atom is 0.164 e. The minimum absolute atomic E-state index is 0.274. The van der Waals surface area contributed by atoms with E-state index in [4.69, 9.17) is 0 Å². The minimum atomic E-state index is 0.274. The normalized spacial score (nSPS) is 18.7. The Morgan fingerprint density at radius 3 is 3.00 bits per heavy atom. The summed E-state index contributed by atoms with van der Waals surface area (Å²) in [5.41, 5.74) is 2.37. The van der Waals surface area contributed by atoms with Gasteiger partial charge in [-0.25, -0.2) is 0 Å². The van der Waals surface area contributed by atoms with Crippen LogP contribution in [-0.2, 0) is 6.54 Å². The molecule has 0 amide bonds. The monoisotopic (exact) mass is 306 g/mol. The van der Waals surface area contributed by atoms with Crippen molar-refractivity contribution in [2.24, 2.45) is 0 Å². The number of benzene rings is 1. The molecule has 0 bridgehead atoms. The Kier molecular flexibility index (Phi) is 2.95. The van der Waals surface area contributed by atoms with Gasteiger partial charge in [0.05, 0.1) is 6.04 Å². The van der Waals surface area contributed by atoms with Crippen LogP contribution < -0.4 is 5.32 Å². The first-order valence-electron chi connectivity index (χ1n) is 6.10. The third-order valence-corrected chi connectivity index (χ3v) is 3.88. The molecule has 2 heterocycles. The van der Waals surface area contributed by atoms with Gasteiger partial charge >= 0.3 is 0 Å². The number of aryl methyl sites for hydroxylation is 1. The van der Waals surface area contributed by atoms with Gasteiger partial charge in [0.15, 0.2) is 5.82 Å². The molecular weight excluding hydrogens is 292 g/mol. The molecule has 94 valence electrons. The molecule has 1 aliphatic heterocycles. The number of nitrogens with zero attached hydrogens (tertiary/aromatic N) is 3. The molecule has 2 aromatic rings. The van der Waals surface area contributed by atoms with Crippen molar-refractivity contribution < 1.29 is 0 Å². The van der Waals surface area contributed by atoms with Crippen molar-refractivity contribution in [3.05, 3.63) is 34.1 Å². The van der Waals surface area contributed by atoms with Crippen LogP contribution in [0.4, 0.5) is 0 Å². The summed E-state index contributed by atoms with van der Waals surface area (Å²) in [4.78, 5) is 0. The van der Waals surface area contributed by atoms with E-state index >= 15 is 0 Å². The summed E-state index contributed by atoms with van der Waals surface area (Å²) in [6.45, 7) is 6.12. The summed E-state index contributed by atoms with van der Waals surface area (Å²) in [6.07, 6.45) is 0. The molecule has 5 heteroatoms. The van der Waals surface area contributed by atoms with Crippen molar-refractivity contribution in [3.63, 3.8) is 0 Å². The van der Waals surface area contributed by atoms with Crippen LogP contribution in [0.3, 0.4) is 0 Å². The molecule has 1 aromatic heterocycles. The number of hydrogen-bond donors (Lipinski definition) is 1. The molecule has 1 N–H and O–H groups in total. The third-order valence-electron chi connectivity index (χ3n) is 3.38. The number of nitrogens with one attached hydrogen (secondary N) is 1. The minimum Gasteiger partial charge on any atom is -0.308 e. The number of aromatic nitrogens is 3. The van der Waals surface area contributed by atoms with E-state index in [-0.39, 0.29) is 6.04 Å². The largest absolute Gasteiger partial charge is 0.308 e. The van der Waals surface area contributed by atoms with Crippen LogP contribution in [0.15, 0.2) is 22.7 Å². The molecule has 18 heavy (non-hydrogen) atoms. The zero-order chi connectivity index (χ0) is 12.7. The Labute approximate surface area is 115 Å². The highest BCUT2D eigenvalue weighted by Crippen LogP contribution is 2.27. The van der Waals surface area contributed by atoms with Crippen LogP contribution in [-0.4, -0.2) is 21.3 Å². The standard InChI is InChI=1S/C13H15BrN4/c1-8-7-10(14)3-4-11(8)13-17-16-12-9(2)15-5-6-18(12)13/h3-4,7,9,15H,5-6H2,1-2H3. The maximum absolute atomic E-state index is 4.37. The van der Waals surface area contributed by atoms with Crippen LogP contribution >= 0.6 is 15.9 Å². The molecule has 1 unspecified atom stereocenters. The fourth-order valence-corrected chi connectivity index (χ4v) is 2.89. The van der Waals surface area contributed by atoms with Crippen molar-refractivity contribution in [2.45, 2.75) is 26.4 Å². The van der Waals surface area contributed by atoms with E-state index < -0.39 is 0 Å². The second-order valence-electron chi connectivity index (χ2n) is 4.67. The van der Waals surface area contributed by atoms with Gasteiger partial charge in [0.25, 0.3) is 0 Å². The summed E-state index contributed by atoms with van der Waals surface area (Å²) in [6, 6.07) is 6.54. The molecule has 1 atom stereocenters. The van der Waals surface area contributed by atoms with Crippen LogP contribution in [0.5, 0.6) is 0 Å². The van der Waals surface area contributed by atoms with Gasteiger partial charge in [0.2, 0.25) is 0 Å². The highest BCUT2D eigenvalue weighted by Gasteiger charge is 2.22. The molecule has 0 saturated carbocycles. The van der Waals surface area contributed by atoms with Crippen molar-refractivity contribution in [1.82, 2.24) is 20.1 Å². The quantitative estimate of drug-likeness (QED) is 0.881. The lowest BCUT2D eigenvalue weighted by Gasteiger charge is -2.22. The number of hydrogen-bond acceptors (Lipinski definition) is 3. The van der Waals surface area contributed by atoms with Gasteiger partial charge in [-0.05, 0) is 37.6 Å². The predicted octanol–water partition coefficient (Wildman–Crippen LogP) is 2.68. The summed E-state index contributed by atoms with van der Waals surface area (Å²) in [5, 5.41) is 12.1. The van der Waals surface area contributed by atoms with Crippen LogP contribution in [0, 0.1) is 6.92 Å². The highest BCUT2D eigenvalue weighted by atomic mass is 79.9. The average Bonchev–Trinajstić information content (AvgIpc) is 2.74. The Hall–Kier alpha value is -1.20. The lowest BCUT2D eigenvalue weighted by molar-refractivity contribution is 0.439. The van der Waals surface area contributed by atoms with Gasteiger partial charge in [0.1, 0.15) is 5.82 Å². The summed E-state index contributed by atoms with van der Waals surface area (Å²) in [5.74, 6) is 2.00. The highest BCUT2D eigenvalue weighted by molar-refractivity contribution is 9.10. The third kappa shape index (κ3) is 1.87. The summed E-state index contributed by atoms with van der Waals surface area (Å²) in [7, 11) is 0. The number of fused-ring (bicyclic) bond motifs is 1. The molecule has 1 aromatic carbocycles. The fraction of sp³-hybridized carbons (Fsp3) is 0.385. The number of rotatable bonds is 1. The van der Waals surface area contributed by atoms with Crippen LogP contribution in [0.25, 0.3) is 11.4 Å². The average molecular weight is 307 g/mol. The number of halogens is 1. The zero-order valence-corrected chi connectivity index (χ0v) is 12.0. The van der Waals surface area contributed by atoms with E-state index in [9.17, 15) is 0 Å². The second kappa shape index (κ2) is 4.48.